The molecule has 2 heteroatoms. The fourth-order valence-corrected chi connectivity index (χ4v) is 1.94. The zero-order valence-electron chi connectivity index (χ0n) is 10.6. The van der Waals surface area contributed by atoms with Crippen LogP contribution in [0.15, 0.2) is 23.8 Å². The molecule has 0 aliphatic heterocycles. The fraction of sp³-hybridized carbons (Fsp3) is 0.714. The van der Waals surface area contributed by atoms with Crippen LogP contribution in [0.4, 0.5) is 0 Å². The molecule has 0 bridgehead atoms. The molecule has 0 unspecified atom stereocenters. The van der Waals surface area contributed by atoms with Gasteiger partial charge in [-0.15, -0.1) is 0 Å². The summed E-state index contributed by atoms with van der Waals surface area (Å²) >= 11 is 0. The maximum absolute atomic E-state index is 3.51. The number of allylic oxidation sites excluding steroid dienone is 2. The highest BCUT2D eigenvalue weighted by atomic mass is 14.8. The summed E-state index contributed by atoms with van der Waals surface area (Å²) < 4.78 is 0. The normalized spacial score (nSPS) is 15.2. The van der Waals surface area contributed by atoms with Crippen molar-refractivity contribution in [3.8, 4) is 0 Å². The Hall–Kier alpha value is -0.600. The number of nitrogens with one attached hydrogen (secondary N) is 2. The maximum Gasteiger partial charge on any atom is 0.0202 e. The van der Waals surface area contributed by atoms with Crippen LogP contribution in [-0.2, 0) is 0 Å². The summed E-state index contributed by atoms with van der Waals surface area (Å²) in [6, 6.07) is 0. The summed E-state index contributed by atoms with van der Waals surface area (Å²) in [6.45, 7) is 3.36. The van der Waals surface area contributed by atoms with Crippen LogP contribution in [0.5, 0.6) is 0 Å². The molecule has 0 aromatic rings. The van der Waals surface area contributed by atoms with Crippen molar-refractivity contribution in [1.29, 1.82) is 0 Å². The first-order valence-corrected chi connectivity index (χ1v) is 6.64. The highest BCUT2D eigenvalue weighted by molar-refractivity contribution is 5.23. The smallest absolute Gasteiger partial charge is 0.0202 e. The average Bonchev–Trinajstić information content (AvgIpc) is 2.34. The summed E-state index contributed by atoms with van der Waals surface area (Å²) in [7, 11) is 2.02. The standard InChI is InChI=1S/C14H26N2/c1-15-11-7-2-3-8-12-16-13-14-9-5-4-6-10-14/h5,9-10,15-16H,2-4,6-8,11-13H2,1H3. The molecular weight excluding hydrogens is 196 g/mol. The van der Waals surface area contributed by atoms with Gasteiger partial charge in [0.25, 0.3) is 0 Å². The number of hydrogen-bond donors (Lipinski definition) is 2. The van der Waals surface area contributed by atoms with Crippen molar-refractivity contribution in [1.82, 2.24) is 10.6 Å². The van der Waals surface area contributed by atoms with E-state index in [-0.39, 0.29) is 0 Å². The monoisotopic (exact) mass is 222 g/mol. The Bertz CT molecular complexity index is 219. The van der Waals surface area contributed by atoms with E-state index in [1.54, 1.807) is 0 Å². The van der Waals surface area contributed by atoms with Crippen molar-refractivity contribution in [3.63, 3.8) is 0 Å². The molecule has 0 fully saturated rings. The number of unbranched alkanes of at least 4 members (excludes halogenated alkanes) is 3. The zero-order chi connectivity index (χ0) is 11.5. The van der Waals surface area contributed by atoms with Crippen molar-refractivity contribution in [2.45, 2.75) is 38.5 Å². The van der Waals surface area contributed by atoms with Gasteiger partial charge in [0, 0.05) is 6.54 Å². The topological polar surface area (TPSA) is 24.1 Å². The molecule has 0 aromatic carbocycles. The van der Waals surface area contributed by atoms with E-state index in [2.05, 4.69) is 28.9 Å². The molecule has 92 valence electrons. The molecule has 2 nitrogen and oxygen atoms in total. The molecule has 2 N–H and O–H groups in total. The van der Waals surface area contributed by atoms with Crippen LogP contribution in [0, 0.1) is 0 Å². The van der Waals surface area contributed by atoms with Crippen LogP contribution in [-0.4, -0.2) is 26.7 Å². The van der Waals surface area contributed by atoms with Crippen molar-refractivity contribution in [2.24, 2.45) is 0 Å². The Kier molecular flexibility index (Phi) is 8.09. The first-order chi connectivity index (χ1) is 7.93. The fourth-order valence-electron chi connectivity index (χ4n) is 1.94. The Morgan fingerprint density at radius 2 is 1.88 bits per heavy atom. The predicted molar refractivity (Wildman–Crippen MR) is 71.7 cm³/mol. The molecular formula is C14H26N2. The molecule has 1 aliphatic rings. The van der Waals surface area contributed by atoms with Crippen LogP contribution < -0.4 is 10.6 Å². The lowest BCUT2D eigenvalue weighted by Crippen LogP contribution is -2.18. The predicted octanol–water partition coefficient (Wildman–Crippen LogP) is 2.63. The van der Waals surface area contributed by atoms with E-state index in [9.17, 15) is 0 Å². The van der Waals surface area contributed by atoms with Crippen molar-refractivity contribution in [3.05, 3.63) is 23.8 Å². The van der Waals surface area contributed by atoms with Gasteiger partial charge in [0.2, 0.25) is 0 Å². The Labute approximate surface area is 100 Å². The minimum Gasteiger partial charge on any atom is -0.320 e. The van der Waals surface area contributed by atoms with Gasteiger partial charge in [-0.05, 0) is 51.4 Å². The molecule has 16 heavy (non-hydrogen) atoms. The molecule has 0 spiro atoms. The number of hydrogen-bond acceptors (Lipinski definition) is 2. The van der Waals surface area contributed by atoms with Crippen LogP contribution in [0.1, 0.15) is 38.5 Å². The molecule has 0 atom stereocenters. The molecule has 0 heterocycles. The highest BCUT2D eigenvalue weighted by Gasteiger charge is 1.96. The molecule has 1 rings (SSSR count). The van der Waals surface area contributed by atoms with Gasteiger partial charge in [-0.3, -0.25) is 0 Å². The van der Waals surface area contributed by atoms with Crippen molar-refractivity contribution < 1.29 is 0 Å². The maximum atomic E-state index is 3.51. The summed E-state index contributed by atoms with van der Waals surface area (Å²) in [5.74, 6) is 0. The van der Waals surface area contributed by atoms with Crippen LogP contribution in [0.25, 0.3) is 0 Å². The molecule has 0 saturated heterocycles. The third-order valence-corrected chi connectivity index (χ3v) is 2.93. The quantitative estimate of drug-likeness (QED) is 0.586. The zero-order valence-corrected chi connectivity index (χ0v) is 10.6. The van der Waals surface area contributed by atoms with Gasteiger partial charge in [-0.2, -0.15) is 0 Å². The van der Waals surface area contributed by atoms with Gasteiger partial charge in [0.1, 0.15) is 0 Å². The number of rotatable bonds is 9. The third kappa shape index (κ3) is 6.81. The van der Waals surface area contributed by atoms with E-state index in [0.717, 1.165) is 19.6 Å². The molecule has 0 radical (unpaired) electrons. The van der Waals surface area contributed by atoms with E-state index >= 15 is 0 Å². The van der Waals surface area contributed by atoms with Crippen LogP contribution in [0.2, 0.25) is 0 Å². The van der Waals surface area contributed by atoms with Crippen molar-refractivity contribution in [2.75, 3.05) is 26.7 Å². The average molecular weight is 222 g/mol. The largest absolute Gasteiger partial charge is 0.320 e. The summed E-state index contributed by atoms with van der Waals surface area (Å²) in [4.78, 5) is 0. The molecule has 0 saturated carbocycles. The second kappa shape index (κ2) is 9.61. The first-order valence-electron chi connectivity index (χ1n) is 6.64. The lowest BCUT2D eigenvalue weighted by molar-refractivity contribution is 0.589. The SMILES string of the molecule is CNCCCCCCNCC1=CCCC=C1. The molecule has 1 aliphatic carbocycles. The van der Waals surface area contributed by atoms with E-state index < -0.39 is 0 Å². The summed E-state index contributed by atoms with van der Waals surface area (Å²) in [6.07, 6.45) is 14.6. The van der Waals surface area contributed by atoms with E-state index in [4.69, 9.17) is 0 Å². The summed E-state index contributed by atoms with van der Waals surface area (Å²) in [5.41, 5.74) is 1.46. The van der Waals surface area contributed by atoms with Crippen LogP contribution in [0.3, 0.4) is 0 Å². The van der Waals surface area contributed by atoms with Gasteiger partial charge >= 0.3 is 0 Å². The Morgan fingerprint density at radius 3 is 2.56 bits per heavy atom. The third-order valence-electron chi connectivity index (χ3n) is 2.93. The minimum atomic E-state index is 1.05. The molecule has 0 amide bonds. The first kappa shape index (κ1) is 13.5. The van der Waals surface area contributed by atoms with E-state index in [0.29, 0.717) is 0 Å². The van der Waals surface area contributed by atoms with Crippen molar-refractivity contribution >= 4 is 0 Å². The van der Waals surface area contributed by atoms with Gasteiger partial charge in [0.05, 0.1) is 0 Å². The second-order valence-electron chi connectivity index (χ2n) is 4.45. The Balaban J connectivity index is 1.84. The van der Waals surface area contributed by atoms with Gasteiger partial charge < -0.3 is 10.6 Å². The van der Waals surface area contributed by atoms with Gasteiger partial charge in [0.15, 0.2) is 0 Å². The molecule has 0 aromatic heterocycles. The minimum absolute atomic E-state index is 1.05. The second-order valence-corrected chi connectivity index (χ2v) is 4.45. The lowest BCUT2D eigenvalue weighted by atomic mass is 10.1. The lowest BCUT2D eigenvalue weighted by Gasteiger charge is -2.08. The van der Waals surface area contributed by atoms with Gasteiger partial charge in [-0.25, -0.2) is 0 Å². The van der Waals surface area contributed by atoms with E-state index in [1.807, 2.05) is 7.05 Å². The van der Waals surface area contributed by atoms with Crippen LogP contribution >= 0.6 is 0 Å². The van der Waals surface area contributed by atoms with E-state index in [1.165, 1.54) is 44.1 Å². The van der Waals surface area contributed by atoms with Gasteiger partial charge in [-0.1, -0.05) is 31.1 Å². The highest BCUT2D eigenvalue weighted by Crippen LogP contribution is 2.08. The Morgan fingerprint density at radius 1 is 1.06 bits per heavy atom. The summed E-state index contributed by atoms with van der Waals surface area (Å²) in [5, 5.41) is 6.69.